The van der Waals surface area contributed by atoms with Gasteiger partial charge < -0.3 is 25.6 Å². The molecule has 1 atom stereocenters. The van der Waals surface area contributed by atoms with Gasteiger partial charge in [0.15, 0.2) is 6.61 Å². The minimum Gasteiger partial charge on any atom is -0.452 e. The zero-order valence-electron chi connectivity index (χ0n) is 21.9. The first-order valence-corrected chi connectivity index (χ1v) is 12.2. The van der Waals surface area contributed by atoms with Crippen LogP contribution in [0.15, 0.2) is 77.8 Å². The third-order valence-electron chi connectivity index (χ3n) is 6.12. The Bertz CT molecular complexity index is 1430. The molecule has 0 saturated heterocycles. The van der Waals surface area contributed by atoms with Crippen LogP contribution in [0.25, 0.3) is 0 Å². The lowest BCUT2D eigenvalue weighted by atomic mass is 9.90. The molecule has 1 unspecified atom stereocenters. The second kappa shape index (κ2) is 11.7. The van der Waals surface area contributed by atoms with Crippen molar-refractivity contribution in [2.75, 3.05) is 44.5 Å². The number of rotatable bonds is 9. The number of carbonyl (C=O) groups excluding carboxylic acids is 4. The van der Waals surface area contributed by atoms with E-state index in [1.54, 1.807) is 35.0 Å². The minimum absolute atomic E-state index is 0.0432. The third kappa shape index (κ3) is 6.36. The van der Waals surface area contributed by atoms with Crippen molar-refractivity contribution in [2.24, 2.45) is 10.7 Å². The van der Waals surface area contributed by atoms with Gasteiger partial charge in [-0.2, -0.15) is 0 Å². The zero-order valence-corrected chi connectivity index (χ0v) is 21.9. The summed E-state index contributed by atoms with van der Waals surface area (Å²) in [5, 5.41) is 2.83. The Morgan fingerprint density at radius 1 is 0.949 bits per heavy atom. The van der Waals surface area contributed by atoms with E-state index in [0.717, 1.165) is 11.3 Å². The maximum Gasteiger partial charge on any atom is 0.338 e. The molecule has 0 aliphatic carbocycles. The smallest absolute Gasteiger partial charge is 0.338 e. The van der Waals surface area contributed by atoms with Crippen LogP contribution in [0.2, 0.25) is 0 Å². The standard InChI is InChI=1S/C29H29N5O5/c1-33(2)16-25(36)34(3)21-12-10-20(11-13-21)31-27(18-7-5-4-6-8-18)26-22-14-9-19(15-23(22)32-28(26)37)29(38)39-17-24(30)35/h4-15,26H,16-17H2,1-3H3,(H2,30,35)(H,32,37). The number of anilines is 2. The minimum atomic E-state index is -0.763. The van der Waals surface area contributed by atoms with E-state index in [4.69, 9.17) is 15.5 Å². The molecule has 39 heavy (non-hydrogen) atoms. The fourth-order valence-corrected chi connectivity index (χ4v) is 4.20. The van der Waals surface area contributed by atoms with E-state index < -0.39 is 24.4 Å². The summed E-state index contributed by atoms with van der Waals surface area (Å²) >= 11 is 0. The van der Waals surface area contributed by atoms with Crippen LogP contribution in [0.5, 0.6) is 0 Å². The lowest BCUT2D eigenvalue weighted by Crippen LogP contribution is -2.34. The largest absolute Gasteiger partial charge is 0.452 e. The molecule has 0 aromatic heterocycles. The summed E-state index contributed by atoms with van der Waals surface area (Å²) in [6, 6.07) is 21.3. The van der Waals surface area contributed by atoms with Gasteiger partial charge in [-0.3, -0.25) is 19.4 Å². The molecule has 3 amide bonds. The van der Waals surface area contributed by atoms with Crippen LogP contribution in [-0.4, -0.2) is 68.6 Å². The number of benzene rings is 3. The van der Waals surface area contributed by atoms with Gasteiger partial charge in [-0.15, -0.1) is 0 Å². The molecule has 3 aromatic rings. The Kier molecular flexibility index (Phi) is 8.16. The number of fused-ring (bicyclic) bond motifs is 1. The Morgan fingerprint density at radius 3 is 2.28 bits per heavy atom. The summed E-state index contributed by atoms with van der Waals surface area (Å²) in [6.07, 6.45) is 0. The third-order valence-corrected chi connectivity index (χ3v) is 6.12. The lowest BCUT2D eigenvalue weighted by molar-refractivity contribution is -0.121. The average molecular weight is 528 g/mol. The highest BCUT2D eigenvalue weighted by Crippen LogP contribution is 2.37. The van der Waals surface area contributed by atoms with Gasteiger partial charge in [0.05, 0.1) is 23.5 Å². The molecule has 0 radical (unpaired) electrons. The number of esters is 1. The Morgan fingerprint density at radius 2 is 1.64 bits per heavy atom. The molecule has 0 saturated carbocycles. The number of ether oxygens (including phenoxy) is 1. The summed E-state index contributed by atoms with van der Waals surface area (Å²) in [7, 11) is 5.39. The van der Waals surface area contributed by atoms with Crippen molar-refractivity contribution in [3.8, 4) is 0 Å². The topological polar surface area (TPSA) is 134 Å². The number of primary amides is 1. The summed E-state index contributed by atoms with van der Waals surface area (Å²) in [5.74, 6) is -2.55. The number of hydrogen-bond donors (Lipinski definition) is 2. The molecule has 1 aliphatic heterocycles. The van der Waals surface area contributed by atoms with Gasteiger partial charge in [-0.05, 0) is 61.6 Å². The molecule has 0 spiro atoms. The summed E-state index contributed by atoms with van der Waals surface area (Å²) in [4.78, 5) is 57.1. The van der Waals surface area contributed by atoms with E-state index in [9.17, 15) is 19.2 Å². The van der Waals surface area contributed by atoms with E-state index in [1.807, 2.05) is 56.6 Å². The van der Waals surface area contributed by atoms with E-state index in [0.29, 0.717) is 22.6 Å². The van der Waals surface area contributed by atoms with Crippen LogP contribution in [0.3, 0.4) is 0 Å². The number of nitrogens with two attached hydrogens (primary N) is 1. The number of nitrogens with one attached hydrogen (secondary N) is 1. The van der Waals surface area contributed by atoms with Crippen molar-refractivity contribution in [1.29, 1.82) is 0 Å². The van der Waals surface area contributed by atoms with Crippen molar-refractivity contribution < 1.29 is 23.9 Å². The number of likely N-dealkylation sites (N-methyl/N-ethyl adjacent to an activating group) is 2. The van der Waals surface area contributed by atoms with Gasteiger partial charge in [0.2, 0.25) is 11.8 Å². The van der Waals surface area contributed by atoms with E-state index in [1.165, 1.54) is 12.1 Å². The van der Waals surface area contributed by atoms with E-state index >= 15 is 0 Å². The van der Waals surface area contributed by atoms with Gasteiger partial charge in [0.25, 0.3) is 5.91 Å². The van der Waals surface area contributed by atoms with Crippen molar-refractivity contribution in [1.82, 2.24) is 4.90 Å². The normalized spacial score (nSPS) is 14.5. The molecule has 0 fully saturated rings. The summed E-state index contributed by atoms with van der Waals surface area (Å²) < 4.78 is 4.88. The Labute approximate surface area is 226 Å². The number of nitrogens with zero attached hydrogens (tertiary/aromatic N) is 3. The van der Waals surface area contributed by atoms with Crippen LogP contribution in [0.1, 0.15) is 27.4 Å². The molecular formula is C29H29N5O5. The fraction of sp³-hybridized carbons (Fsp3) is 0.207. The van der Waals surface area contributed by atoms with Crippen LogP contribution in [0.4, 0.5) is 17.1 Å². The first kappa shape index (κ1) is 27.2. The molecule has 10 nitrogen and oxygen atoms in total. The molecule has 1 heterocycles. The van der Waals surface area contributed by atoms with Gasteiger partial charge >= 0.3 is 5.97 Å². The predicted octanol–water partition coefficient (Wildman–Crippen LogP) is 2.71. The fourth-order valence-electron chi connectivity index (χ4n) is 4.20. The zero-order chi connectivity index (χ0) is 28.1. The van der Waals surface area contributed by atoms with Gasteiger partial charge in [0, 0.05) is 18.4 Å². The molecule has 10 heteroatoms. The number of hydrogen-bond acceptors (Lipinski definition) is 7. The second-order valence-corrected chi connectivity index (χ2v) is 9.34. The van der Waals surface area contributed by atoms with Gasteiger partial charge in [-0.1, -0.05) is 36.4 Å². The molecular weight excluding hydrogens is 498 g/mol. The summed E-state index contributed by atoms with van der Waals surface area (Å²) in [5.41, 5.74) is 8.96. The Hall–Kier alpha value is -4.83. The molecule has 3 aromatic carbocycles. The second-order valence-electron chi connectivity index (χ2n) is 9.34. The monoisotopic (exact) mass is 527 g/mol. The maximum absolute atomic E-state index is 13.2. The van der Waals surface area contributed by atoms with Crippen molar-refractivity contribution in [3.63, 3.8) is 0 Å². The average Bonchev–Trinajstić information content (AvgIpc) is 3.25. The maximum atomic E-state index is 13.2. The Balaban J connectivity index is 1.67. The molecule has 0 bridgehead atoms. The quantitative estimate of drug-likeness (QED) is 0.325. The van der Waals surface area contributed by atoms with Crippen molar-refractivity contribution in [2.45, 2.75) is 5.92 Å². The van der Waals surface area contributed by atoms with Crippen LogP contribution in [-0.2, 0) is 19.1 Å². The molecule has 3 N–H and O–H groups in total. The lowest BCUT2D eigenvalue weighted by Gasteiger charge is -2.20. The van der Waals surface area contributed by atoms with Gasteiger partial charge in [0.1, 0.15) is 5.92 Å². The molecule has 200 valence electrons. The summed E-state index contributed by atoms with van der Waals surface area (Å²) in [6.45, 7) is -0.247. The number of amides is 3. The van der Waals surface area contributed by atoms with Crippen LogP contribution in [0, 0.1) is 0 Å². The van der Waals surface area contributed by atoms with E-state index in [-0.39, 0.29) is 23.9 Å². The number of carbonyl (C=O) groups is 4. The first-order valence-electron chi connectivity index (χ1n) is 12.2. The van der Waals surface area contributed by atoms with Gasteiger partial charge in [-0.25, -0.2) is 4.79 Å². The van der Waals surface area contributed by atoms with Crippen molar-refractivity contribution >= 4 is 46.5 Å². The predicted molar refractivity (Wildman–Crippen MR) is 148 cm³/mol. The van der Waals surface area contributed by atoms with Crippen LogP contribution < -0.4 is 16.0 Å². The van der Waals surface area contributed by atoms with Crippen LogP contribution >= 0.6 is 0 Å². The highest BCUT2D eigenvalue weighted by Gasteiger charge is 2.36. The SMILES string of the molecule is CN(C)CC(=O)N(C)c1ccc(N=C(c2ccccc2)C2C(=O)Nc3cc(C(=O)OCC(N)=O)ccc32)cc1. The van der Waals surface area contributed by atoms with Crippen molar-refractivity contribution in [3.05, 3.63) is 89.5 Å². The van der Waals surface area contributed by atoms with E-state index in [2.05, 4.69) is 5.32 Å². The first-order chi connectivity index (χ1) is 18.6. The highest BCUT2D eigenvalue weighted by atomic mass is 16.5. The number of aliphatic imine (C=N–C) groups is 1. The molecule has 4 rings (SSSR count). The molecule has 1 aliphatic rings. The highest BCUT2D eigenvalue weighted by molar-refractivity contribution is 6.24.